The van der Waals surface area contributed by atoms with Crippen LogP contribution < -0.4 is 10.5 Å². The predicted octanol–water partition coefficient (Wildman–Crippen LogP) is 0.669. The Bertz CT molecular complexity index is 592. The van der Waals surface area contributed by atoms with Crippen molar-refractivity contribution >= 4 is 15.8 Å². The first kappa shape index (κ1) is 11.6. The molecular weight excluding hydrogens is 240 g/mol. The van der Waals surface area contributed by atoms with Gasteiger partial charge in [0, 0.05) is 12.1 Å². The Hall–Kier alpha value is -1.86. The van der Waals surface area contributed by atoms with E-state index in [2.05, 4.69) is 14.9 Å². The van der Waals surface area contributed by atoms with Crippen molar-refractivity contribution in [3.05, 3.63) is 42.1 Å². The van der Waals surface area contributed by atoms with Gasteiger partial charge in [-0.2, -0.15) is 5.10 Å². The molecule has 4 N–H and O–H groups in total. The van der Waals surface area contributed by atoms with E-state index in [0.29, 0.717) is 11.4 Å². The molecule has 0 atom stereocenters. The van der Waals surface area contributed by atoms with Gasteiger partial charge in [0.25, 0.3) is 10.0 Å². The maximum atomic E-state index is 12.0. The minimum atomic E-state index is -3.59. The molecule has 0 aliphatic carbocycles. The average Bonchev–Trinajstić information content (AvgIpc) is 2.77. The van der Waals surface area contributed by atoms with Crippen molar-refractivity contribution in [1.29, 1.82) is 0 Å². The summed E-state index contributed by atoms with van der Waals surface area (Å²) in [5, 5.41) is 6.30. The average molecular weight is 252 g/mol. The fourth-order valence-electron chi connectivity index (χ4n) is 1.35. The molecule has 7 heteroatoms. The minimum absolute atomic E-state index is 0.192. The summed E-state index contributed by atoms with van der Waals surface area (Å²) < 4.78 is 26.3. The van der Waals surface area contributed by atoms with Crippen LogP contribution in [0.1, 0.15) is 5.56 Å². The van der Waals surface area contributed by atoms with Gasteiger partial charge in [-0.3, -0.25) is 9.82 Å². The Morgan fingerprint density at radius 1 is 1.29 bits per heavy atom. The highest BCUT2D eigenvalue weighted by Gasteiger charge is 2.16. The number of anilines is 1. The van der Waals surface area contributed by atoms with Gasteiger partial charge in [0.2, 0.25) is 0 Å². The van der Waals surface area contributed by atoms with Crippen LogP contribution in [0.4, 0.5) is 5.82 Å². The zero-order chi connectivity index (χ0) is 12.3. The summed E-state index contributed by atoms with van der Waals surface area (Å²) in [4.78, 5) is 0.192. The second kappa shape index (κ2) is 4.56. The molecule has 0 radical (unpaired) electrons. The fourth-order valence-corrected chi connectivity index (χ4v) is 2.43. The zero-order valence-electron chi connectivity index (χ0n) is 8.92. The Morgan fingerprint density at radius 3 is 2.65 bits per heavy atom. The smallest absolute Gasteiger partial charge is 0.263 e. The van der Waals surface area contributed by atoms with Gasteiger partial charge < -0.3 is 5.73 Å². The van der Waals surface area contributed by atoms with Crippen LogP contribution in [0.2, 0.25) is 0 Å². The summed E-state index contributed by atoms with van der Waals surface area (Å²) in [5.41, 5.74) is 6.07. The van der Waals surface area contributed by atoms with Gasteiger partial charge >= 0.3 is 0 Å². The molecule has 0 fully saturated rings. The van der Waals surface area contributed by atoms with Gasteiger partial charge in [0.05, 0.1) is 11.1 Å². The van der Waals surface area contributed by atoms with Crippen molar-refractivity contribution in [3.8, 4) is 0 Å². The van der Waals surface area contributed by atoms with Crippen LogP contribution in [0.25, 0.3) is 0 Å². The number of aromatic nitrogens is 2. The molecule has 0 aliphatic heterocycles. The van der Waals surface area contributed by atoms with E-state index in [9.17, 15) is 8.42 Å². The first-order valence-corrected chi connectivity index (χ1v) is 6.42. The van der Waals surface area contributed by atoms with Crippen LogP contribution in [-0.2, 0) is 16.6 Å². The second-order valence-corrected chi connectivity index (χ2v) is 5.08. The van der Waals surface area contributed by atoms with Crippen molar-refractivity contribution < 1.29 is 8.42 Å². The molecule has 0 saturated carbocycles. The Balaban J connectivity index is 2.30. The quantitative estimate of drug-likeness (QED) is 0.744. The van der Waals surface area contributed by atoms with E-state index in [1.54, 1.807) is 18.2 Å². The number of nitrogens with zero attached hydrogens (tertiary/aromatic N) is 1. The van der Waals surface area contributed by atoms with Crippen molar-refractivity contribution in [1.82, 2.24) is 10.2 Å². The third-order valence-electron chi connectivity index (χ3n) is 2.23. The number of H-pyrrole nitrogens is 1. The van der Waals surface area contributed by atoms with Gasteiger partial charge in [-0.1, -0.05) is 18.2 Å². The summed E-state index contributed by atoms with van der Waals surface area (Å²) in [6.07, 6.45) is 1.49. The number of rotatable bonds is 4. The van der Waals surface area contributed by atoms with Gasteiger partial charge in [-0.15, -0.1) is 0 Å². The van der Waals surface area contributed by atoms with E-state index in [4.69, 9.17) is 5.73 Å². The van der Waals surface area contributed by atoms with Crippen LogP contribution in [0.5, 0.6) is 0 Å². The molecule has 17 heavy (non-hydrogen) atoms. The summed E-state index contributed by atoms with van der Waals surface area (Å²) in [6.45, 7) is 0.211. The molecule has 0 aliphatic rings. The number of hydrogen-bond acceptors (Lipinski definition) is 4. The molecule has 2 rings (SSSR count). The Kier molecular flexibility index (Phi) is 3.12. The molecule has 6 nitrogen and oxygen atoms in total. The molecule has 0 unspecified atom stereocenters. The van der Waals surface area contributed by atoms with Crippen LogP contribution in [0.3, 0.4) is 0 Å². The van der Waals surface area contributed by atoms with Crippen LogP contribution in [0.15, 0.2) is 41.4 Å². The topological polar surface area (TPSA) is 101 Å². The number of nitrogens with one attached hydrogen (secondary N) is 2. The van der Waals surface area contributed by atoms with Gasteiger partial charge in [-0.05, 0) is 12.1 Å². The highest BCUT2D eigenvalue weighted by atomic mass is 32.2. The van der Waals surface area contributed by atoms with Crippen LogP contribution in [-0.4, -0.2) is 18.6 Å². The van der Waals surface area contributed by atoms with E-state index >= 15 is 0 Å². The molecule has 1 heterocycles. The van der Waals surface area contributed by atoms with E-state index in [1.165, 1.54) is 18.3 Å². The summed E-state index contributed by atoms with van der Waals surface area (Å²) in [6, 6.07) is 8.10. The normalized spacial score (nSPS) is 11.4. The lowest BCUT2D eigenvalue weighted by Crippen LogP contribution is -2.14. The number of hydrogen-bond donors (Lipinski definition) is 3. The lowest BCUT2D eigenvalue weighted by Gasteiger charge is -2.07. The molecule has 1 aromatic carbocycles. The molecule has 0 saturated heterocycles. The van der Waals surface area contributed by atoms with Crippen molar-refractivity contribution in [3.63, 3.8) is 0 Å². The summed E-state index contributed by atoms with van der Waals surface area (Å²) in [7, 11) is -3.59. The third-order valence-corrected chi connectivity index (χ3v) is 3.59. The van der Waals surface area contributed by atoms with Crippen molar-refractivity contribution in [2.24, 2.45) is 5.73 Å². The summed E-state index contributed by atoms with van der Waals surface area (Å²) in [5.74, 6) is 0.302. The summed E-state index contributed by atoms with van der Waals surface area (Å²) >= 11 is 0. The Morgan fingerprint density at radius 2 is 2.00 bits per heavy atom. The zero-order valence-corrected chi connectivity index (χ0v) is 9.74. The second-order valence-electron chi connectivity index (χ2n) is 3.39. The molecule has 0 bridgehead atoms. The standard InChI is InChI=1S/C10H12N4O2S/c11-6-8-7-12-13-10(8)14-17(15,16)9-4-2-1-3-5-9/h1-5,7H,6,11H2,(H2,12,13,14). The molecule has 2 aromatic rings. The minimum Gasteiger partial charge on any atom is -0.326 e. The van der Waals surface area contributed by atoms with Crippen LogP contribution in [0, 0.1) is 0 Å². The van der Waals surface area contributed by atoms with Gasteiger partial charge in [0.15, 0.2) is 0 Å². The van der Waals surface area contributed by atoms with Gasteiger partial charge in [-0.25, -0.2) is 8.42 Å². The largest absolute Gasteiger partial charge is 0.326 e. The van der Waals surface area contributed by atoms with Crippen LogP contribution >= 0.6 is 0 Å². The molecule has 0 spiro atoms. The molecule has 90 valence electrons. The molecular formula is C10H12N4O2S. The van der Waals surface area contributed by atoms with Gasteiger partial charge in [0.1, 0.15) is 5.82 Å². The number of sulfonamides is 1. The first-order chi connectivity index (χ1) is 8.13. The lowest BCUT2D eigenvalue weighted by molar-refractivity contribution is 0.601. The Labute approximate surface area is 98.9 Å². The van der Waals surface area contributed by atoms with E-state index < -0.39 is 10.0 Å². The van der Waals surface area contributed by atoms with E-state index in [-0.39, 0.29) is 11.4 Å². The number of aromatic amines is 1. The maximum Gasteiger partial charge on any atom is 0.263 e. The maximum absolute atomic E-state index is 12.0. The lowest BCUT2D eigenvalue weighted by atomic mass is 10.3. The first-order valence-electron chi connectivity index (χ1n) is 4.93. The van der Waals surface area contributed by atoms with E-state index in [1.807, 2.05) is 0 Å². The third kappa shape index (κ3) is 2.45. The highest BCUT2D eigenvalue weighted by molar-refractivity contribution is 7.92. The number of benzene rings is 1. The predicted molar refractivity (Wildman–Crippen MR) is 63.7 cm³/mol. The molecule has 1 aromatic heterocycles. The van der Waals surface area contributed by atoms with Crippen molar-refractivity contribution in [2.75, 3.05) is 4.72 Å². The fraction of sp³-hybridized carbons (Fsp3) is 0.100. The highest BCUT2D eigenvalue weighted by Crippen LogP contribution is 2.16. The van der Waals surface area contributed by atoms with Crippen molar-refractivity contribution in [2.45, 2.75) is 11.4 Å². The van der Waals surface area contributed by atoms with E-state index in [0.717, 1.165) is 0 Å². The molecule has 0 amide bonds. The monoisotopic (exact) mass is 252 g/mol. The SMILES string of the molecule is NCc1cn[nH]c1NS(=O)(=O)c1ccccc1. The number of nitrogens with two attached hydrogens (primary N) is 1.